The summed E-state index contributed by atoms with van der Waals surface area (Å²) in [6, 6.07) is 7.72. The van der Waals surface area contributed by atoms with Crippen molar-refractivity contribution in [3.05, 3.63) is 70.3 Å². The third-order valence-corrected chi connectivity index (χ3v) is 3.05. The molecule has 2 rings (SSSR count). The Balaban J connectivity index is 0.000000514. The van der Waals surface area contributed by atoms with E-state index in [0.717, 1.165) is 18.2 Å². The van der Waals surface area contributed by atoms with Gasteiger partial charge in [0.25, 0.3) is 0 Å². The second-order valence-corrected chi connectivity index (χ2v) is 4.90. The van der Waals surface area contributed by atoms with Crippen molar-refractivity contribution in [2.45, 2.75) is 0 Å². The van der Waals surface area contributed by atoms with Gasteiger partial charge in [-0.05, 0) is 42.5 Å². The monoisotopic (exact) mass is 416 g/mol. The van der Waals surface area contributed by atoms with Gasteiger partial charge >= 0.3 is 81.2 Å². The Bertz CT molecular complexity index is 806. The average Bonchev–Trinajstić information content (AvgIpc) is 2.61. The van der Waals surface area contributed by atoms with Gasteiger partial charge < -0.3 is 25.5 Å². The first-order valence-corrected chi connectivity index (χ1v) is 6.94. The molecule has 0 unspecified atom stereocenters. The molecule has 28 heavy (non-hydrogen) atoms. The van der Waals surface area contributed by atoms with Crippen molar-refractivity contribution in [3.63, 3.8) is 0 Å². The van der Waals surface area contributed by atoms with Gasteiger partial charge in [-0.2, -0.15) is 0 Å². The number of hydrogen-bond donors (Lipinski definition) is 5. The summed E-state index contributed by atoms with van der Waals surface area (Å²) in [5, 5.41) is 42.8. The predicted molar refractivity (Wildman–Crippen MR) is 94.8 cm³/mol. The topological polar surface area (TPSA) is 186 Å². The Hall–Kier alpha value is -2.57. The minimum absolute atomic E-state index is 0. The fourth-order valence-electron chi connectivity index (χ4n) is 1.75. The maximum absolute atomic E-state index is 10.6. The fraction of sp³-hybridized carbons (Fsp3) is 0. The van der Waals surface area contributed by atoms with Gasteiger partial charge in [0.2, 0.25) is 0 Å². The van der Waals surface area contributed by atoms with E-state index in [-0.39, 0.29) is 79.2 Å². The fourth-order valence-corrected chi connectivity index (χ4v) is 1.75. The Morgan fingerprint density at radius 3 is 0.750 bits per heavy atom. The molecule has 0 aliphatic rings. The molecular formula is C17H13KO10. The maximum atomic E-state index is 10.6. The normalized spacial score (nSPS) is 9.14. The molecule has 0 bridgehead atoms. The molecule has 0 atom stereocenters. The van der Waals surface area contributed by atoms with Gasteiger partial charge in [-0.1, -0.05) is 0 Å². The summed E-state index contributed by atoms with van der Waals surface area (Å²) in [5.41, 5.74) is -0.938. The van der Waals surface area contributed by atoms with E-state index in [1.807, 2.05) is 0 Å². The molecule has 0 aliphatic carbocycles. The molecule has 0 fully saturated rings. The van der Waals surface area contributed by atoms with E-state index in [9.17, 15) is 24.0 Å². The van der Waals surface area contributed by atoms with Gasteiger partial charge in [-0.3, -0.25) is 0 Å². The van der Waals surface area contributed by atoms with E-state index in [0.29, 0.717) is 0 Å². The summed E-state index contributed by atoms with van der Waals surface area (Å²) in [5.74, 6) is -6.25. The van der Waals surface area contributed by atoms with Crippen LogP contribution in [0.15, 0.2) is 42.5 Å². The minimum atomic E-state index is -1.37. The van der Waals surface area contributed by atoms with Crippen LogP contribution in [-0.2, 0) is 0 Å². The molecule has 0 amide bonds. The third kappa shape index (κ3) is 7.58. The number of carbonyl (C=O) groups is 5. The van der Waals surface area contributed by atoms with Crippen LogP contribution in [-0.4, -0.2) is 107 Å². The first-order valence-electron chi connectivity index (χ1n) is 6.94. The zero-order chi connectivity index (χ0) is 20.7. The summed E-state index contributed by atoms with van der Waals surface area (Å²) in [7, 11) is 0. The van der Waals surface area contributed by atoms with Crippen molar-refractivity contribution in [1.82, 2.24) is 0 Å². The quantitative estimate of drug-likeness (QED) is 0.443. The molecule has 0 heterocycles. The number of rotatable bonds is 5. The Kier molecular flexibility index (Phi) is 10.3. The second kappa shape index (κ2) is 11.3. The van der Waals surface area contributed by atoms with Crippen LogP contribution in [0.4, 0.5) is 0 Å². The van der Waals surface area contributed by atoms with Gasteiger partial charge in [-0.25, -0.2) is 24.0 Å². The van der Waals surface area contributed by atoms with Crippen LogP contribution < -0.4 is 0 Å². The Morgan fingerprint density at radius 2 is 0.607 bits per heavy atom. The molecule has 2 aromatic rings. The van der Waals surface area contributed by atoms with Gasteiger partial charge in [0.05, 0.1) is 27.8 Å². The Morgan fingerprint density at radius 1 is 0.429 bits per heavy atom. The zero-order valence-electron chi connectivity index (χ0n) is 13.3. The molecular weight excluding hydrogens is 403 g/mol. The number of benzene rings is 2. The summed E-state index contributed by atoms with van der Waals surface area (Å²) in [6.45, 7) is 0. The average molecular weight is 416 g/mol. The van der Waals surface area contributed by atoms with E-state index < -0.39 is 29.8 Å². The van der Waals surface area contributed by atoms with Gasteiger partial charge in [0, 0.05) is 0 Å². The van der Waals surface area contributed by atoms with E-state index in [1.165, 1.54) is 24.3 Å². The molecule has 11 heteroatoms. The number of carboxylic acids is 5. The summed E-state index contributed by atoms with van der Waals surface area (Å²) < 4.78 is 0. The van der Waals surface area contributed by atoms with Gasteiger partial charge in [0.1, 0.15) is 0 Å². The first-order chi connectivity index (χ1) is 12.5. The summed E-state index contributed by atoms with van der Waals surface area (Å²) in [4.78, 5) is 52.4. The van der Waals surface area contributed by atoms with Crippen LogP contribution in [0.3, 0.4) is 0 Å². The Labute approximate surface area is 199 Å². The standard InChI is InChI=1S/C9H6O6.C8H6O4.K.H/c10-7(11)4-1-5(8(12)13)3-6(2-4)9(14)15;9-7(10)5-1-2-6(4-3-5)8(11)12;;/h1-3H,(H,10,11)(H,12,13)(H,14,15);1-4H,(H,9,10)(H,11,12);;. The molecule has 10 nitrogen and oxygen atoms in total. The SMILES string of the molecule is O=C(O)c1cc(C(=O)O)cc(C(=O)O)c1.O=C(O)c1ccc(C(=O)O)cc1.[KH]. The van der Waals surface area contributed by atoms with E-state index in [4.69, 9.17) is 25.5 Å². The molecule has 0 spiro atoms. The second-order valence-electron chi connectivity index (χ2n) is 4.90. The molecule has 5 N–H and O–H groups in total. The van der Waals surface area contributed by atoms with Crippen LogP contribution in [0.5, 0.6) is 0 Å². The summed E-state index contributed by atoms with van der Waals surface area (Å²) >= 11 is 0. The molecule has 0 saturated carbocycles. The summed E-state index contributed by atoms with van der Waals surface area (Å²) in [6.07, 6.45) is 0. The molecule has 0 radical (unpaired) electrons. The van der Waals surface area contributed by atoms with Crippen molar-refractivity contribution in [2.24, 2.45) is 0 Å². The number of hydrogen-bond acceptors (Lipinski definition) is 5. The number of aromatic carboxylic acids is 5. The zero-order valence-corrected chi connectivity index (χ0v) is 13.3. The van der Waals surface area contributed by atoms with Gasteiger partial charge in [0.15, 0.2) is 0 Å². The molecule has 2 aromatic carbocycles. The number of carboxylic acid groups (broad SMARTS) is 5. The van der Waals surface area contributed by atoms with E-state index in [2.05, 4.69) is 0 Å². The van der Waals surface area contributed by atoms with E-state index in [1.54, 1.807) is 0 Å². The predicted octanol–water partition coefficient (Wildman–Crippen LogP) is 1.22. The van der Waals surface area contributed by atoms with Crippen molar-refractivity contribution in [2.75, 3.05) is 0 Å². The van der Waals surface area contributed by atoms with Crippen LogP contribution >= 0.6 is 0 Å². The van der Waals surface area contributed by atoms with Crippen LogP contribution in [0.2, 0.25) is 0 Å². The third-order valence-electron chi connectivity index (χ3n) is 3.05. The first kappa shape index (κ1) is 25.4. The molecule has 0 aromatic heterocycles. The van der Waals surface area contributed by atoms with Crippen molar-refractivity contribution in [1.29, 1.82) is 0 Å². The van der Waals surface area contributed by atoms with Crippen LogP contribution in [0.1, 0.15) is 51.8 Å². The molecule has 0 saturated heterocycles. The molecule has 142 valence electrons. The van der Waals surface area contributed by atoms with Crippen molar-refractivity contribution >= 4 is 81.2 Å². The van der Waals surface area contributed by atoms with Crippen LogP contribution in [0.25, 0.3) is 0 Å². The van der Waals surface area contributed by atoms with E-state index >= 15 is 0 Å². The van der Waals surface area contributed by atoms with Crippen LogP contribution in [0, 0.1) is 0 Å². The van der Waals surface area contributed by atoms with Crippen molar-refractivity contribution in [3.8, 4) is 0 Å². The molecule has 0 aliphatic heterocycles. The van der Waals surface area contributed by atoms with Gasteiger partial charge in [-0.15, -0.1) is 0 Å². The van der Waals surface area contributed by atoms with Crippen molar-refractivity contribution < 1.29 is 49.5 Å².